The van der Waals surface area contributed by atoms with Crippen LogP contribution in [0.25, 0.3) is 0 Å². The van der Waals surface area contributed by atoms with Crippen molar-refractivity contribution in [2.45, 2.75) is 6.10 Å². The van der Waals surface area contributed by atoms with Gasteiger partial charge in [-0.25, -0.2) is 0 Å². The molecule has 1 aromatic carbocycles. The first-order chi connectivity index (χ1) is 8.16. The Morgan fingerprint density at radius 1 is 1.24 bits per heavy atom. The molecule has 1 aliphatic heterocycles. The number of hydrogen-bond donors (Lipinski definition) is 1. The topological polar surface area (TPSA) is 26.7 Å². The van der Waals surface area contributed by atoms with Crippen LogP contribution >= 0.6 is 11.6 Å². The van der Waals surface area contributed by atoms with Crippen LogP contribution in [-0.2, 0) is 0 Å². The first-order valence-electron chi connectivity index (χ1n) is 6.00. The number of likely N-dealkylation sites (N-methyl/N-ethyl adjacent to an activating group) is 1. The second-order valence-electron chi connectivity index (χ2n) is 4.64. The van der Waals surface area contributed by atoms with Gasteiger partial charge < -0.3 is 10.0 Å². The Labute approximate surface area is 108 Å². The number of nitrogens with zero attached hydrogens (tertiary/aromatic N) is 2. The smallest absolute Gasteiger partial charge is 0.0931 e. The average Bonchev–Trinajstić information content (AvgIpc) is 2.32. The summed E-state index contributed by atoms with van der Waals surface area (Å²) in [5.74, 6) is 0. The molecule has 1 aromatic rings. The molecule has 1 fully saturated rings. The number of aliphatic hydroxyl groups excluding tert-OH is 1. The zero-order chi connectivity index (χ0) is 12.3. The van der Waals surface area contributed by atoms with E-state index in [0.29, 0.717) is 11.6 Å². The van der Waals surface area contributed by atoms with E-state index in [-0.39, 0.29) is 0 Å². The zero-order valence-electron chi connectivity index (χ0n) is 10.1. The number of β-amino-alcohol motifs (C(OH)–C–C–N with tert-alkyl or cyclic N) is 1. The van der Waals surface area contributed by atoms with E-state index in [1.165, 1.54) is 0 Å². The normalized spacial score (nSPS) is 20.4. The van der Waals surface area contributed by atoms with Crippen LogP contribution in [0.2, 0.25) is 5.02 Å². The molecule has 0 radical (unpaired) electrons. The Kier molecular flexibility index (Phi) is 4.40. The highest BCUT2D eigenvalue weighted by molar-refractivity contribution is 6.31. The second-order valence-corrected chi connectivity index (χ2v) is 5.05. The molecule has 2 rings (SSSR count). The third kappa shape index (κ3) is 3.42. The van der Waals surface area contributed by atoms with Crippen molar-refractivity contribution in [2.75, 3.05) is 39.8 Å². The summed E-state index contributed by atoms with van der Waals surface area (Å²) in [6.45, 7) is 4.82. The Balaban J connectivity index is 1.93. The highest BCUT2D eigenvalue weighted by Crippen LogP contribution is 2.23. The van der Waals surface area contributed by atoms with Crippen molar-refractivity contribution in [3.05, 3.63) is 34.9 Å². The lowest BCUT2D eigenvalue weighted by Gasteiger charge is -2.33. The van der Waals surface area contributed by atoms with Gasteiger partial charge in [0.2, 0.25) is 0 Å². The van der Waals surface area contributed by atoms with Crippen molar-refractivity contribution in [3.63, 3.8) is 0 Å². The van der Waals surface area contributed by atoms with E-state index in [9.17, 15) is 5.11 Å². The molecule has 1 aliphatic rings. The van der Waals surface area contributed by atoms with Crippen molar-refractivity contribution in [1.82, 2.24) is 9.80 Å². The minimum absolute atomic E-state index is 0.493. The number of hydrogen-bond acceptors (Lipinski definition) is 3. The van der Waals surface area contributed by atoms with Crippen LogP contribution in [0.3, 0.4) is 0 Å². The quantitative estimate of drug-likeness (QED) is 0.888. The molecule has 0 amide bonds. The van der Waals surface area contributed by atoms with E-state index in [0.717, 1.165) is 31.7 Å². The van der Waals surface area contributed by atoms with Crippen LogP contribution in [0.15, 0.2) is 24.3 Å². The molecule has 0 spiro atoms. The van der Waals surface area contributed by atoms with E-state index in [4.69, 9.17) is 11.6 Å². The number of benzene rings is 1. The van der Waals surface area contributed by atoms with Gasteiger partial charge in [-0.05, 0) is 13.1 Å². The van der Waals surface area contributed by atoms with Crippen molar-refractivity contribution in [2.24, 2.45) is 0 Å². The van der Waals surface area contributed by atoms with Gasteiger partial charge in [0, 0.05) is 43.3 Å². The van der Waals surface area contributed by atoms with Gasteiger partial charge in [0.05, 0.1) is 6.10 Å². The molecule has 17 heavy (non-hydrogen) atoms. The standard InChI is InChI=1S/C13H19ClN2O/c1-15-6-8-16(9-7-15)10-13(17)11-4-2-3-5-12(11)14/h2-5,13,17H,6-10H2,1H3. The number of halogens is 1. The van der Waals surface area contributed by atoms with Gasteiger partial charge in [0.1, 0.15) is 0 Å². The fraction of sp³-hybridized carbons (Fsp3) is 0.538. The molecule has 1 heterocycles. The summed E-state index contributed by atoms with van der Waals surface area (Å²) in [6, 6.07) is 7.51. The molecule has 0 saturated carbocycles. The van der Waals surface area contributed by atoms with E-state index >= 15 is 0 Å². The monoisotopic (exact) mass is 254 g/mol. The molecule has 3 nitrogen and oxygen atoms in total. The van der Waals surface area contributed by atoms with Crippen LogP contribution in [0, 0.1) is 0 Å². The Morgan fingerprint density at radius 2 is 1.88 bits per heavy atom. The zero-order valence-corrected chi connectivity index (χ0v) is 10.9. The lowest BCUT2D eigenvalue weighted by Crippen LogP contribution is -2.45. The number of aliphatic hydroxyl groups is 1. The number of piperazine rings is 1. The minimum Gasteiger partial charge on any atom is -0.387 e. The van der Waals surface area contributed by atoms with Gasteiger partial charge in [0.15, 0.2) is 0 Å². The third-order valence-electron chi connectivity index (χ3n) is 3.29. The lowest BCUT2D eigenvalue weighted by atomic mass is 10.1. The average molecular weight is 255 g/mol. The van der Waals surface area contributed by atoms with Crippen LogP contribution < -0.4 is 0 Å². The molecule has 1 unspecified atom stereocenters. The Morgan fingerprint density at radius 3 is 2.53 bits per heavy atom. The molecule has 1 atom stereocenters. The van der Waals surface area contributed by atoms with Gasteiger partial charge in [-0.2, -0.15) is 0 Å². The highest BCUT2D eigenvalue weighted by atomic mass is 35.5. The first-order valence-corrected chi connectivity index (χ1v) is 6.38. The van der Waals surface area contributed by atoms with Crippen LogP contribution in [0.1, 0.15) is 11.7 Å². The lowest BCUT2D eigenvalue weighted by molar-refractivity contribution is 0.0806. The largest absolute Gasteiger partial charge is 0.387 e. The van der Waals surface area contributed by atoms with Crippen LogP contribution in [0.4, 0.5) is 0 Å². The van der Waals surface area contributed by atoms with Crippen molar-refractivity contribution < 1.29 is 5.11 Å². The van der Waals surface area contributed by atoms with Crippen molar-refractivity contribution in [1.29, 1.82) is 0 Å². The molecule has 4 heteroatoms. The van der Waals surface area contributed by atoms with E-state index < -0.39 is 6.10 Å². The van der Waals surface area contributed by atoms with Gasteiger partial charge >= 0.3 is 0 Å². The molecular weight excluding hydrogens is 236 g/mol. The first kappa shape index (κ1) is 12.8. The predicted molar refractivity (Wildman–Crippen MR) is 70.3 cm³/mol. The molecule has 1 N–H and O–H groups in total. The van der Waals surface area contributed by atoms with Crippen LogP contribution in [-0.4, -0.2) is 54.7 Å². The van der Waals surface area contributed by atoms with E-state index in [1.807, 2.05) is 24.3 Å². The Bertz CT molecular complexity index is 364. The highest BCUT2D eigenvalue weighted by Gasteiger charge is 2.19. The third-order valence-corrected chi connectivity index (χ3v) is 3.64. The predicted octanol–water partition coefficient (Wildman–Crippen LogP) is 1.62. The van der Waals surface area contributed by atoms with Gasteiger partial charge in [0.25, 0.3) is 0 Å². The van der Waals surface area contributed by atoms with Crippen LogP contribution in [0.5, 0.6) is 0 Å². The molecule has 0 bridgehead atoms. The second kappa shape index (κ2) is 5.83. The summed E-state index contributed by atoms with van der Waals surface area (Å²) < 4.78 is 0. The fourth-order valence-electron chi connectivity index (χ4n) is 2.12. The molecule has 94 valence electrons. The maximum Gasteiger partial charge on any atom is 0.0931 e. The summed E-state index contributed by atoms with van der Waals surface area (Å²) in [6.07, 6.45) is -0.493. The molecular formula is C13H19ClN2O. The van der Waals surface area contributed by atoms with Crippen molar-refractivity contribution >= 4 is 11.6 Å². The summed E-state index contributed by atoms with van der Waals surface area (Å²) in [7, 11) is 2.13. The van der Waals surface area contributed by atoms with E-state index in [2.05, 4.69) is 16.8 Å². The summed E-state index contributed by atoms with van der Waals surface area (Å²) in [5, 5.41) is 10.8. The van der Waals surface area contributed by atoms with Gasteiger partial charge in [-0.15, -0.1) is 0 Å². The summed E-state index contributed by atoms with van der Waals surface area (Å²) >= 11 is 6.07. The van der Waals surface area contributed by atoms with Gasteiger partial charge in [-0.1, -0.05) is 29.8 Å². The van der Waals surface area contributed by atoms with Gasteiger partial charge in [-0.3, -0.25) is 4.90 Å². The Hall–Kier alpha value is -0.610. The minimum atomic E-state index is -0.493. The fourth-order valence-corrected chi connectivity index (χ4v) is 2.38. The van der Waals surface area contributed by atoms with Crippen molar-refractivity contribution in [3.8, 4) is 0 Å². The molecule has 0 aliphatic carbocycles. The maximum absolute atomic E-state index is 10.2. The SMILES string of the molecule is CN1CCN(CC(O)c2ccccc2Cl)CC1. The summed E-state index contributed by atoms with van der Waals surface area (Å²) in [4.78, 5) is 4.59. The van der Waals surface area contributed by atoms with E-state index in [1.54, 1.807) is 0 Å². The number of rotatable bonds is 3. The maximum atomic E-state index is 10.2. The molecule has 1 saturated heterocycles. The molecule has 0 aromatic heterocycles. The summed E-state index contributed by atoms with van der Waals surface area (Å²) in [5.41, 5.74) is 0.827.